The van der Waals surface area contributed by atoms with Crippen LogP contribution in [0.3, 0.4) is 0 Å². The highest BCUT2D eigenvalue weighted by Crippen LogP contribution is 2.42. The van der Waals surface area contributed by atoms with E-state index in [4.69, 9.17) is 0 Å². The first-order chi connectivity index (χ1) is 9.08. The van der Waals surface area contributed by atoms with Crippen LogP contribution in [-0.4, -0.2) is 20.9 Å². The van der Waals surface area contributed by atoms with Gasteiger partial charge < -0.3 is 5.11 Å². The Hall–Kier alpha value is -2.10. The monoisotopic (exact) mass is 256 g/mol. The molecule has 0 aliphatic heterocycles. The van der Waals surface area contributed by atoms with Gasteiger partial charge in [0.2, 0.25) is 0 Å². The normalized spacial score (nSPS) is 14.6. The first-order valence-corrected chi connectivity index (χ1v) is 6.48. The minimum atomic E-state index is -0.877. The zero-order valence-electron chi connectivity index (χ0n) is 11.1. The molecular weight excluding hydrogens is 240 g/mol. The number of rotatable bonds is 3. The molecule has 1 aromatic heterocycles. The number of aryl methyl sites for hydroxylation is 1. The van der Waals surface area contributed by atoms with Gasteiger partial charge in [-0.2, -0.15) is 5.10 Å². The standard InChI is InChI=1S/C15H16N2O2/c1-9-4-3-5-12(8-9)17-10(2)13(15(18)19)14(16-17)11-6-7-11/h3-5,8,11H,6-7H2,1-2H3,(H,18,19). The van der Waals surface area contributed by atoms with Crippen LogP contribution < -0.4 is 0 Å². The first kappa shape index (κ1) is 12.0. The summed E-state index contributed by atoms with van der Waals surface area (Å²) in [5.74, 6) is -0.547. The molecular formula is C15H16N2O2. The zero-order valence-corrected chi connectivity index (χ0v) is 11.1. The number of carboxylic acids is 1. The van der Waals surface area contributed by atoms with Crippen LogP contribution in [0.15, 0.2) is 24.3 Å². The van der Waals surface area contributed by atoms with Gasteiger partial charge in [-0.05, 0) is 44.4 Å². The molecule has 1 saturated carbocycles. The number of carbonyl (C=O) groups is 1. The van der Waals surface area contributed by atoms with Crippen molar-refractivity contribution in [2.75, 3.05) is 0 Å². The Labute approximate surface area is 111 Å². The highest BCUT2D eigenvalue weighted by Gasteiger charge is 2.33. The number of hydrogen-bond acceptors (Lipinski definition) is 2. The maximum absolute atomic E-state index is 11.4. The van der Waals surface area contributed by atoms with Crippen molar-refractivity contribution in [2.24, 2.45) is 0 Å². The lowest BCUT2D eigenvalue weighted by Gasteiger charge is -2.05. The molecule has 1 heterocycles. The average Bonchev–Trinajstić information content (AvgIpc) is 3.13. The molecule has 1 aliphatic rings. The Balaban J connectivity index is 2.17. The number of aromatic carboxylic acids is 1. The van der Waals surface area contributed by atoms with E-state index in [1.165, 1.54) is 0 Å². The molecule has 0 atom stereocenters. The molecule has 0 bridgehead atoms. The van der Waals surface area contributed by atoms with Crippen molar-refractivity contribution in [3.05, 3.63) is 46.8 Å². The highest BCUT2D eigenvalue weighted by atomic mass is 16.4. The van der Waals surface area contributed by atoms with Gasteiger partial charge in [0.25, 0.3) is 0 Å². The van der Waals surface area contributed by atoms with E-state index in [9.17, 15) is 9.90 Å². The first-order valence-electron chi connectivity index (χ1n) is 6.48. The van der Waals surface area contributed by atoms with Gasteiger partial charge >= 0.3 is 5.97 Å². The van der Waals surface area contributed by atoms with Gasteiger partial charge in [0.1, 0.15) is 5.56 Å². The number of benzene rings is 1. The van der Waals surface area contributed by atoms with E-state index in [-0.39, 0.29) is 0 Å². The van der Waals surface area contributed by atoms with Crippen LogP contribution in [0.1, 0.15) is 46.1 Å². The van der Waals surface area contributed by atoms with Gasteiger partial charge in [-0.1, -0.05) is 12.1 Å². The number of aromatic nitrogens is 2. The van der Waals surface area contributed by atoms with E-state index < -0.39 is 5.97 Å². The Bertz CT molecular complexity index is 654. The van der Waals surface area contributed by atoms with E-state index >= 15 is 0 Å². The minimum absolute atomic E-state index is 0.329. The quantitative estimate of drug-likeness (QED) is 0.918. The third kappa shape index (κ3) is 2.03. The smallest absolute Gasteiger partial charge is 0.339 e. The van der Waals surface area contributed by atoms with Crippen LogP contribution in [0.2, 0.25) is 0 Å². The molecule has 19 heavy (non-hydrogen) atoms. The Morgan fingerprint density at radius 2 is 2.11 bits per heavy atom. The Morgan fingerprint density at radius 1 is 1.37 bits per heavy atom. The van der Waals surface area contributed by atoms with Crippen molar-refractivity contribution in [3.63, 3.8) is 0 Å². The molecule has 3 rings (SSSR count). The summed E-state index contributed by atoms with van der Waals surface area (Å²) in [5.41, 5.74) is 3.89. The van der Waals surface area contributed by atoms with Gasteiger partial charge in [-0.15, -0.1) is 0 Å². The summed E-state index contributed by atoms with van der Waals surface area (Å²) >= 11 is 0. The van der Waals surface area contributed by atoms with Crippen molar-refractivity contribution in [1.29, 1.82) is 0 Å². The molecule has 0 radical (unpaired) electrons. The van der Waals surface area contributed by atoms with Gasteiger partial charge in [0, 0.05) is 5.92 Å². The predicted molar refractivity (Wildman–Crippen MR) is 72.0 cm³/mol. The summed E-state index contributed by atoms with van der Waals surface area (Å²) in [6, 6.07) is 7.95. The van der Waals surface area contributed by atoms with E-state index in [0.717, 1.165) is 29.8 Å². The largest absolute Gasteiger partial charge is 0.478 e. The number of carboxylic acid groups (broad SMARTS) is 1. The van der Waals surface area contributed by atoms with Gasteiger partial charge in [-0.25, -0.2) is 9.48 Å². The van der Waals surface area contributed by atoms with Crippen molar-refractivity contribution < 1.29 is 9.90 Å². The van der Waals surface area contributed by atoms with E-state index in [1.807, 2.05) is 38.1 Å². The summed E-state index contributed by atoms with van der Waals surface area (Å²) in [6.45, 7) is 3.84. The predicted octanol–water partition coefficient (Wildman–Crippen LogP) is 3.06. The lowest BCUT2D eigenvalue weighted by atomic mass is 10.1. The van der Waals surface area contributed by atoms with Crippen molar-refractivity contribution in [3.8, 4) is 5.69 Å². The fourth-order valence-corrected chi connectivity index (χ4v) is 2.44. The van der Waals surface area contributed by atoms with Crippen LogP contribution >= 0.6 is 0 Å². The van der Waals surface area contributed by atoms with Crippen LogP contribution in [0.25, 0.3) is 5.69 Å². The number of hydrogen-bond donors (Lipinski definition) is 1. The van der Waals surface area contributed by atoms with Crippen molar-refractivity contribution in [2.45, 2.75) is 32.6 Å². The van der Waals surface area contributed by atoms with Crippen LogP contribution in [0, 0.1) is 13.8 Å². The van der Waals surface area contributed by atoms with Gasteiger partial charge in [-0.3, -0.25) is 0 Å². The summed E-state index contributed by atoms with van der Waals surface area (Å²) in [6.07, 6.45) is 2.09. The topological polar surface area (TPSA) is 55.1 Å². The van der Waals surface area contributed by atoms with Crippen LogP contribution in [0.5, 0.6) is 0 Å². The fourth-order valence-electron chi connectivity index (χ4n) is 2.44. The summed E-state index contributed by atoms with van der Waals surface area (Å²) < 4.78 is 1.75. The van der Waals surface area contributed by atoms with Gasteiger partial charge in [0.15, 0.2) is 0 Å². The van der Waals surface area contributed by atoms with Crippen LogP contribution in [0.4, 0.5) is 0 Å². The lowest BCUT2D eigenvalue weighted by Crippen LogP contribution is -2.03. The minimum Gasteiger partial charge on any atom is -0.478 e. The third-order valence-electron chi connectivity index (χ3n) is 3.57. The Morgan fingerprint density at radius 3 is 2.68 bits per heavy atom. The molecule has 1 fully saturated rings. The Kier molecular flexibility index (Phi) is 2.66. The molecule has 4 heteroatoms. The lowest BCUT2D eigenvalue weighted by molar-refractivity contribution is 0.0695. The van der Waals surface area contributed by atoms with Crippen molar-refractivity contribution in [1.82, 2.24) is 9.78 Å². The third-order valence-corrected chi connectivity index (χ3v) is 3.57. The molecule has 2 aromatic rings. The molecule has 4 nitrogen and oxygen atoms in total. The van der Waals surface area contributed by atoms with E-state index in [2.05, 4.69) is 5.10 Å². The second kappa shape index (κ2) is 4.23. The average molecular weight is 256 g/mol. The summed E-state index contributed by atoms with van der Waals surface area (Å²) in [4.78, 5) is 11.4. The molecule has 0 unspecified atom stereocenters. The molecule has 1 aromatic carbocycles. The van der Waals surface area contributed by atoms with Crippen molar-refractivity contribution >= 4 is 5.97 Å². The second-order valence-corrected chi connectivity index (χ2v) is 5.18. The van der Waals surface area contributed by atoms with E-state index in [0.29, 0.717) is 17.2 Å². The molecule has 0 saturated heterocycles. The maximum Gasteiger partial charge on any atom is 0.339 e. The number of nitrogens with zero attached hydrogens (tertiary/aromatic N) is 2. The SMILES string of the molecule is Cc1cccc(-n2nc(C3CC3)c(C(=O)O)c2C)c1. The molecule has 98 valence electrons. The molecule has 1 aliphatic carbocycles. The molecule has 0 spiro atoms. The van der Waals surface area contributed by atoms with Gasteiger partial charge in [0.05, 0.1) is 17.1 Å². The van der Waals surface area contributed by atoms with Crippen LogP contribution in [-0.2, 0) is 0 Å². The highest BCUT2D eigenvalue weighted by molar-refractivity contribution is 5.90. The molecule has 1 N–H and O–H groups in total. The fraction of sp³-hybridized carbons (Fsp3) is 0.333. The maximum atomic E-state index is 11.4. The second-order valence-electron chi connectivity index (χ2n) is 5.18. The summed E-state index contributed by atoms with van der Waals surface area (Å²) in [7, 11) is 0. The summed E-state index contributed by atoms with van der Waals surface area (Å²) in [5, 5.41) is 13.9. The zero-order chi connectivity index (χ0) is 13.6. The van der Waals surface area contributed by atoms with E-state index in [1.54, 1.807) is 4.68 Å². The molecule has 0 amide bonds.